The van der Waals surface area contributed by atoms with Gasteiger partial charge in [-0.1, -0.05) is 6.92 Å². The molecule has 0 saturated carbocycles. The highest BCUT2D eigenvalue weighted by molar-refractivity contribution is 7.09. The molecule has 0 spiro atoms. The molecule has 1 unspecified atom stereocenters. The maximum Gasteiger partial charge on any atom is 0.137 e. The quantitative estimate of drug-likeness (QED) is 0.882. The molecular weight excluding hydrogens is 260 g/mol. The predicted octanol–water partition coefficient (Wildman–Crippen LogP) is 2.91. The number of aliphatic hydroxyl groups excluding tert-OH is 1. The number of pyridine rings is 1. The highest BCUT2D eigenvalue weighted by Crippen LogP contribution is 2.22. The Balaban J connectivity index is 2.03. The van der Waals surface area contributed by atoms with Gasteiger partial charge in [0.05, 0.1) is 23.9 Å². The summed E-state index contributed by atoms with van der Waals surface area (Å²) in [4.78, 5) is 8.46. The van der Waals surface area contributed by atoms with E-state index in [0.717, 1.165) is 22.7 Å². The van der Waals surface area contributed by atoms with Crippen molar-refractivity contribution in [3.05, 3.63) is 40.1 Å². The minimum atomic E-state index is -0.594. The fourth-order valence-corrected chi connectivity index (χ4v) is 2.51. The Morgan fingerprint density at radius 2 is 2.26 bits per heavy atom. The van der Waals surface area contributed by atoms with E-state index in [1.54, 1.807) is 23.7 Å². The summed E-state index contributed by atoms with van der Waals surface area (Å²) in [6, 6.07) is 1.84. The van der Waals surface area contributed by atoms with Crippen LogP contribution in [0.5, 0.6) is 5.75 Å². The maximum absolute atomic E-state index is 10.2. The van der Waals surface area contributed by atoms with Crippen LogP contribution in [0, 0.1) is 6.92 Å². The number of aryl methyl sites for hydroxylation is 1. The molecule has 2 aromatic rings. The van der Waals surface area contributed by atoms with E-state index in [9.17, 15) is 5.11 Å². The van der Waals surface area contributed by atoms with Crippen LogP contribution < -0.4 is 4.74 Å². The number of aliphatic hydroxyl groups is 1. The van der Waals surface area contributed by atoms with Gasteiger partial charge in [0, 0.05) is 29.3 Å². The van der Waals surface area contributed by atoms with Gasteiger partial charge in [-0.3, -0.25) is 4.98 Å². The van der Waals surface area contributed by atoms with Crippen molar-refractivity contribution in [2.24, 2.45) is 0 Å². The Labute approximate surface area is 117 Å². The topological polar surface area (TPSA) is 55.2 Å². The number of thiazole rings is 1. The Hall–Kier alpha value is -1.46. The molecule has 1 N–H and O–H groups in total. The molecule has 5 heteroatoms. The Kier molecular flexibility index (Phi) is 4.87. The highest BCUT2D eigenvalue weighted by Gasteiger charge is 2.12. The molecule has 0 aliphatic rings. The summed E-state index contributed by atoms with van der Waals surface area (Å²) >= 11 is 1.57. The summed E-state index contributed by atoms with van der Waals surface area (Å²) in [5.41, 5.74) is 1.76. The van der Waals surface area contributed by atoms with Crippen LogP contribution in [0.15, 0.2) is 23.8 Å². The van der Waals surface area contributed by atoms with Gasteiger partial charge in [0.25, 0.3) is 0 Å². The molecule has 4 nitrogen and oxygen atoms in total. The molecule has 0 fully saturated rings. The van der Waals surface area contributed by atoms with E-state index in [1.165, 1.54) is 0 Å². The van der Waals surface area contributed by atoms with Crippen molar-refractivity contribution >= 4 is 11.3 Å². The van der Waals surface area contributed by atoms with Crippen LogP contribution >= 0.6 is 11.3 Å². The van der Waals surface area contributed by atoms with E-state index >= 15 is 0 Å². The smallest absolute Gasteiger partial charge is 0.137 e. The van der Waals surface area contributed by atoms with Crippen LogP contribution in [-0.4, -0.2) is 21.7 Å². The lowest BCUT2D eigenvalue weighted by atomic mass is 10.1. The summed E-state index contributed by atoms with van der Waals surface area (Å²) in [7, 11) is 0. The third kappa shape index (κ3) is 4.01. The third-order valence-electron chi connectivity index (χ3n) is 2.63. The van der Waals surface area contributed by atoms with E-state index in [0.29, 0.717) is 18.8 Å². The van der Waals surface area contributed by atoms with Crippen molar-refractivity contribution in [1.82, 2.24) is 9.97 Å². The molecule has 0 aliphatic carbocycles. The second-order valence-electron chi connectivity index (χ2n) is 4.40. The van der Waals surface area contributed by atoms with Crippen molar-refractivity contribution < 1.29 is 9.84 Å². The molecule has 2 heterocycles. The molecule has 0 radical (unpaired) electrons. The van der Waals surface area contributed by atoms with Gasteiger partial charge in [-0.25, -0.2) is 4.98 Å². The van der Waals surface area contributed by atoms with Crippen molar-refractivity contribution in [1.29, 1.82) is 0 Å². The second-order valence-corrected chi connectivity index (χ2v) is 5.35. The molecule has 102 valence electrons. The largest absolute Gasteiger partial charge is 0.492 e. The van der Waals surface area contributed by atoms with Crippen molar-refractivity contribution in [3.63, 3.8) is 0 Å². The van der Waals surface area contributed by atoms with Gasteiger partial charge in [0.1, 0.15) is 5.75 Å². The minimum absolute atomic E-state index is 0.511. The van der Waals surface area contributed by atoms with Gasteiger partial charge in [0.2, 0.25) is 0 Å². The van der Waals surface area contributed by atoms with Gasteiger partial charge in [-0.05, 0) is 19.4 Å². The molecule has 1 atom stereocenters. The van der Waals surface area contributed by atoms with E-state index < -0.39 is 6.10 Å². The van der Waals surface area contributed by atoms with E-state index in [1.807, 2.05) is 18.4 Å². The summed E-state index contributed by atoms with van der Waals surface area (Å²) in [6.07, 6.45) is 4.20. The lowest BCUT2D eigenvalue weighted by molar-refractivity contribution is 0.177. The van der Waals surface area contributed by atoms with Gasteiger partial charge in [-0.15, -0.1) is 11.3 Å². The zero-order chi connectivity index (χ0) is 13.7. The van der Waals surface area contributed by atoms with Crippen molar-refractivity contribution in [2.75, 3.05) is 6.61 Å². The second kappa shape index (κ2) is 6.63. The first-order chi connectivity index (χ1) is 9.19. The first-order valence-electron chi connectivity index (χ1n) is 6.36. The van der Waals surface area contributed by atoms with Crippen LogP contribution in [0.3, 0.4) is 0 Å². The number of hydrogen-bond donors (Lipinski definition) is 1. The summed E-state index contributed by atoms with van der Waals surface area (Å²) in [5.74, 6) is 0.703. The highest BCUT2D eigenvalue weighted by atomic mass is 32.1. The molecule has 2 aromatic heterocycles. The fourth-order valence-electron chi connectivity index (χ4n) is 1.70. The molecular formula is C14H18N2O2S. The van der Waals surface area contributed by atoms with E-state index in [4.69, 9.17) is 4.74 Å². The Morgan fingerprint density at radius 1 is 1.42 bits per heavy atom. The Bertz CT molecular complexity index is 528. The SMILES string of the molecule is CCCOc1cncc(C(O)Cc2nc(C)cs2)c1. The van der Waals surface area contributed by atoms with Crippen LogP contribution in [0.1, 0.15) is 35.7 Å². The molecule has 0 bridgehead atoms. The van der Waals surface area contributed by atoms with Crippen molar-refractivity contribution in [3.8, 4) is 5.75 Å². The summed E-state index contributed by atoms with van der Waals surface area (Å²) in [5, 5.41) is 13.1. The molecule has 0 saturated heterocycles. The van der Waals surface area contributed by atoms with Crippen LogP contribution in [0.4, 0.5) is 0 Å². The zero-order valence-corrected chi connectivity index (χ0v) is 12.0. The molecule has 19 heavy (non-hydrogen) atoms. The summed E-state index contributed by atoms with van der Waals surface area (Å²) < 4.78 is 5.51. The molecule has 2 rings (SSSR count). The fraction of sp³-hybridized carbons (Fsp3) is 0.429. The maximum atomic E-state index is 10.2. The zero-order valence-electron chi connectivity index (χ0n) is 11.2. The third-order valence-corrected chi connectivity index (χ3v) is 3.62. The molecule has 0 amide bonds. The minimum Gasteiger partial charge on any atom is -0.492 e. The number of rotatable bonds is 6. The normalized spacial score (nSPS) is 12.4. The van der Waals surface area contributed by atoms with Gasteiger partial charge in [0.15, 0.2) is 0 Å². The average Bonchev–Trinajstić information content (AvgIpc) is 2.82. The van der Waals surface area contributed by atoms with Gasteiger partial charge < -0.3 is 9.84 Å². The van der Waals surface area contributed by atoms with E-state index in [-0.39, 0.29) is 0 Å². The monoisotopic (exact) mass is 278 g/mol. The number of hydrogen-bond acceptors (Lipinski definition) is 5. The number of nitrogens with zero attached hydrogens (tertiary/aromatic N) is 2. The first kappa shape index (κ1) is 14.0. The van der Waals surface area contributed by atoms with Crippen molar-refractivity contribution in [2.45, 2.75) is 32.8 Å². The standard InChI is InChI=1S/C14H18N2O2S/c1-3-4-18-12-5-11(7-15-8-12)13(17)6-14-16-10(2)9-19-14/h5,7-9,13,17H,3-4,6H2,1-2H3. The summed E-state index contributed by atoms with van der Waals surface area (Å²) in [6.45, 7) is 4.66. The lowest BCUT2D eigenvalue weighted by Gasteiger charge is -2.11. The van der Waals surface area contributed by atoms with Gasteiger partial charge >= 0.3 is 0 Å². The van der Waals surface area contributed by atoms with E-state index in [2.05, 4.69) is 16.9 Å². The van der Waals surface area contributed by atoms with Crippen LogP contribution in [0.2, 0.25) is 0 Å². The lowest BCUT2D eigenvalue weighted by Crippen LogP contribution is -2.03. The molecule has 0 aliphatic heterocycles. The Morgan fingerprint density at radius 3 is 2.95 bits per heavy atom. The first-order valence-corrected chi connectivity index (χ1v) is 7.24. The molecule has 0 aromatic carbocycles. The van der Waals surface area contributed by atoms with Crippen LogP contribution in [-0.2, 0) is 6.42 Å². The van der Waals surface area contributed by atoms with Crippen LogP contribution in [0.25, 0.3) is 0 Å². The average molecular weight is 278 g/mol. The predicted molar refractivity (Wildman–Crippen MR) is 75.5 cm³/mol. The number of ether oxygens (including phenoxy) is 1. The van der Waals surface area contributed by atoms with Gasteiger partial charge in [-0.2, -0.15) is 0 Å². The number of aromatic nitrogens is 2.